The highest BCUT2D eigenvalue weighted by Crippen LogP contribution is 2.31. The van der Waals surface area contributed by atoms with E-state index in [4.69, 9.17) is 4.74 Å². The molecule has 0 bridgehead atoms. The first-order valence-corrected chi connectivity index (χ1v) is 9.22. The van der Waals surface area contributed by atoms with E-state index in [-0.39, 0.29) is 0 Å². The molecule has 3 rings (SSSR count). The van der Waals surface area contributed by atoms with Gasteiger partial charge in [0.1, 0.15) is 5.75 Å². The maximum absolute atomic E-state index is 5.76. The second-order valence-electron chi connectivity index (χ2n) is 6.61. The number of ether oxygens (including phenoxy) is 1. The molecular weight excluding hydrogens is 296 g/mol. The van der Waals surface area contributed by atoms with Gasteiger partial charge in [-0.05, 0) is 55.1 Å². The first-order valence-electron chi connectivity index (χ1n) is 9.22. The molecule has 2 aromatic rings. The minimum atomic E-state index is 0.493. The average Bonchev–Trinajstić information content (AvgIpc) is 2.65. The zero-order valence-corrected chi connectivity index (χ0v) is 14.7. The lowest BCUT2D eigenvalue weighted by Crippen LogP contribution is -2.32. The third kappa shape index (κ3) is 4.57. The summed E-state index contributed by atoms with van der Waals surface area (Å²) >= 11 is 0. The molecular formula is C21H28N2O. The van der Waals surface area contributed by atoms with Crippen LogP contribution in [-0.4, -0.2) is 23.0 Å². The van der Waals surface area contributed by atoms with Crippen LogP contribution in [0.3, 0.4) is 0 Å². The van der Waals surface area contributed by atoms with Crippen LogP contribution in [0.2, 0.25) is 0 Å². The van der Waals surface area contributed by atoms with Gasteiger partial charge >= 0.3 is 0 Å². The van der Waals surface area contributed by atoms with Gasteiger partial charge in [-0.2, -0.15) is 0 Å². The summed E-state index contributed by atoms with van der Waals surface area (Å²) in [6.07, 6.45) is 9.98. The van der Waals surface area contributed by atoms with E-state index in [0.29, 0.717) is 6.04 Å². The molecule has 1 aliphatic heterocycles. The number of likely N-dealkylation sites (tertiary alicyclic amines) is 1. The smallest absolute Gasteiger partial charge is 0.119 e. The fraction of sp³-hybridized carbons (Fsp3) is 0.476. The number of nitrogens with zero attached hydrogens (tertiary/aromatic N) is 2. The van der Waals surface area contributed by atoms with E-state index in [1.165, 1.54) is 36.8 Å². The summed E-state index contributed by atoms with van der Waals surface area (Å²) in [4.78, 5) is 6.90. The summed E-state index contributed by atoms with van der Waals surface area (Å²) in [5.41, 5.74) is 2.70. The number of benzene rings is 1. The average molecular weight is 324 g/mol. The van der Waals surface area contributed by atoms with Gasteiger partial charge in [0.05, 0.1) is 6.61 Å². The number of unbranched alkanes of at least 4 members (excludes halogenated alkanes) is 1. The fourth-order valence-corrected chi connectivity index (χ4v) is 3.39. The van der Waals surface area contributed by atoms with Crippen LogP contribution in [0.25, 0.3) is 0 Å². The number of piperidine rings is 1. The lowest BCUT2D eigenvalue weighted by Gasteiger charge is -2.36. The van der Waals surface area contributed by atoms with Crippen LogP contribution in [-0.2, 0) is 6.54 Å². The van der Waals surface area contributed by atoms with Gasteiger partial charge in [-0.25, -0.2) is 0 Å². The Morgan fingerprint density at radius 1 is 1.17 bits per heavy atom. The Morgan fingerprint density at radius 2 is 2.04 bits per heavy atom. The summed E-state index contributed by atoms with van der Waals surface area (Å²) in [6.45, 7) is 5.15. The van der Waals surface area contributed by atoms with Crippen LogP contribution in [0.15, 0.2) is 48.8 Å². The van der Waals surface area contributed by atoms with Crippen molar-refractivity contribution in [2.75, 3.05) is 13.2 Å². The van der Waals surface area contributed by atoms with Crippen LogP contribution in [0.4, 0.5) is 0 Å². The summed E-state index contributed by atoms with van der Waals surface area (Å²) < 4.78 is 5.76. The highest BCUT2D eigenvalue weighted by Gasteiger charge is 2.23. The van der Waals surface area contributed by atoms with E-state index >= 15 is 0 Å². The molecule has 0 amide bonds. The van der Waals surface area contributed by atoms with Crippen molar-refractivity contribution >= 4 is 0 Å². The Morgan fingerprint density at radius 3 is 2.79 bits per heavy atom. The monoisotopic (exact) mass is 324 g/mol. The molecule has 24 heavy (non-hydrogen) atoms. The van der Waals surface area contributed by atoms with Crippen LogP contribution in [0.5, 0.6) is 5.75 Å². The second kappa shape index (κ2) is 8.84. The van der Waals surface area contributed by atoms with Gasteiger partial charge in [-0.15, -0.1) is 0 Å². The maximum atomic E-state index is 5.76. The molecule has 1 aliphatic rings. The molecule has 1 fully saturated rings. The zero-order chi connectivity index (χ0) is 16.6. The largest absolute Gasteiger partial charge is 0.494 e. The molecule has 1 aromatic carbocycles. The Labute approximate surface area is 145 Å². The Hall–Kier alpha value is -1.87. The molecule has 3 heteroatoms. The Balaban J connectivity index is 1.63. The number of pyridine rings is 1. The van der Waals surface area contributed by atoms with E-state index in [9.17, 15) is 0 Å². The van der Waals surface area contributed by atoms with E-state index < -0.39 is 0 Å². The minimum Gasteiger partial charge on any atom is -0.494 e. The van der Waals surface area contributed by atoms with Gasteiger partial charge in [-0.3, -0.25) is 9.88 Å². The normalized spacial score (nSPS) is 18.5. The second-order valence-corrected chi connectivity index (χ2v) is 6.61. The molecule has 0 unspecified atom stereocenters. The molecule has 1 aromatic heterocycles. The van der Waals surface area contributed by atoms with Crippen molar-refractivity contribution in [2.24, 2.45) is 0 Å². The molecule has 0 N–H and O–H groups in total. The molecule has 0 saturated carbocycles. The van der Waals surface area contributed by atoms with E-state index in [2.05, 4.69) is 47.1 Å². The van der Waals surface area contributed by atoms with Crippen LogP contribution < -0.4 is 4.74 Å². The minimum absolute atomic E-state index is 0.493. The van der Waals surface area contributed by atoms with Crippen molar-refractivity contribution < 1.29 is 4.74 Å². The molecule has 1 saturated heterocycles. The summed E-state index contributed by atoms with van der Waals surface area (Å²) in [7, 11) is 0. The Bertz CT molecular complexity index is 597. The number of aromatic nitrogens is 1. The van der Waals surface area contributed by atoms with Gasteiger partial charge in [0.25, 0.3) is 0 Å². The number of hydrogen-bond donors (Lipinski definition) is 0. The van der Waals surface area contributed by atoms with Crippen molar-refractivity contribution in [3.8, 4) is 5.75 Å². The summed E-state index contributed by atoms with van der Waals surface area (Å²) in [5, 5.41) is 0. The van der Waals surface area contributed by atoms with Crippen molar-refractivity contribution in [3.63, 3.8) is 0 Å². The fourth-order valence-electron chi connectivity index (χ4n) is 3.39. The van der Waals surface area contributed by atoms with Gasteiger partial charge in [0.2, 0.25) is 0 Å². The van der Waals surface area contributed by atoms with Crippen LogP contribution in [0, 0.1) is 0 Å². The van der Waals surface area contributed by atoms with Gasteiger partial charge in [-0.1, -0.05) is 38.0 Å². The van der Waals surface area contributed by atoms with Crippen molar-refractivity contribution in [1.29, 1.82) is 0 Å². The topological polar surface area (TPSA) is 25.4 Å². The number of hydrogen-bond acceptors (Lipinski definition) is 3. The predicted octanol–water partition coefficient (Wildman–Crippen LogP) is 4.99. The quantitative estimate of drug-likeness (QED) is 0.671. The molecule has 1 atom stereocenters. The standard InChI is InChI=1S/C21H28N2O/c1-2-3-15-24-20-11-9-18(10-12-20)17-23-14-5-4-8-21(23)19-7-6-13-22-16-19/h6-7,9-13,16,21H,2-5,8,14-15,17H2,1H3/t21-/m0/s1. The lowest BCUT2D eigenvalue weighted by atomic mass is 9.96. The van der Waals surface area contributed by atoms with Gasteiger partial charge in [0.15, 0.2) is 0 Å². The predicted molar refractivity (Wildman–Crippen MR) is 98.1 cm³/mol. The van der Waals surface area contributed by atoms with Crippen LogP contribution in [0.1, 0.15) is 56.2 Å². The van der Waals surface area contributed by atoms with Crippen molar-refractivity contribution in [1.82, 2.24) is 9.88 Å². The summed E-state index contributed by atoms with van der Waals surface area (Å²) in [6, 6.07) is 13.4. The van der Waals surface area contributed by atoms with E-state index in [1.807, 2.05) is 18.5 Å². The van der Waals surface area contributed by atoms with Gasteiger partial charge in [0, 0.05) is 25.0 Å². The van der Waals surface area contributed by atoms with Crippen molar-refractivity contribution in [2.45, 2.75) is 51.6 Å². The molecule has 3 nitrogen and oxygen atoms in total. The maximum Gasteiger partial charge on any atom is 0.119 e. The molecule has 0 aliphatic carbocycles. The third-order valence-corrected chi connectivity index (χ3v) is 4.76. The number of rotatable bonds is 7. The van der Waals surface area contributed by atoms with E-state index in [0.717, 1.165) is 31.9 Å². The van der Waals surface area contributed by atoms with E-state index in [1.54, 1.807) is 0 Å². The highest BCUT2D eigenvalue weighted by molar-refractivity contribution is 5.27. The first-order chi connectivity index (χ1) is 11.9. The SMILES string of the molecule is CCCCOc1ccc(CN2CCCC[C@H]2c2cccnc2)cc1. The molecule has 0 radical (unpaired) electrons. The van der Waals surface area contributed by atoms with Gasteiger partial charge < -0.3 is 4.74 Å². The summed E-state index contributed by atoms with van der Waals surface area (Å²) in [5.74, 6) is 0.981. The third-order valence-electron chi connectivity index (χ3n) is 4.76. The lowest BCUT2D eigenvalue weighted by molar-refractivity contribution is 0.140. The zero-order valence-electron chi connectivity index (χ0n) is 14.7. The first kappa shape index (κ1) is 17.0. The molecule has 0 spiro atoms. The molecule has 128 valence electrons. The highest BCUT2D eigenvalue weighted by atomic mass is 16.5. The van der Waals surface area contributed by atoms with Crippen molar-refractivity contribution in [3.05, 3.63) is 59.9 Å². The van der Waals surface area contributed by atoms with Crippen LogP contribution >= 0.6 is 0 Å². The molecule has 2 heterocycles. The Kier molecular flexibility index (Phi) is 6.25.